The molecule has 120 valence electrons. The van der Waals surface area contributed by atoms with E-state index in [0.717, 1.165) is 4.90 Å². The standard InChI is InChI=1S/C14H17ClN2O5/c15-7-8-17(11(14(21)22)5-6-12(18)19)13(20)9-3-1-2-4-10(9)16/h1-4,11H,5-8,16H2,(H,18,19)(H,21,22)/t11-/m0/s1. The van der Waals surface area contributed by atoms with Crippen LogP contribution in [0.4, 0.5) is 5.69 Å². The van der Waals surface area contributed by atoms with Crippen molar-refractivity contribution in [2.24, 2.45) is 0 Å². The van der Waals surface area contributed by atoms with E-state index in [4.69, 9.17) is 22.4 Å². The third-order valence-electron chi connectivity index (χ3n) is 3.07. The molecule has 0 bridgehead atoms. The molecule has 8 heteroatoms. The van der Waals surface area contributed by atoms with Crippen molar-refractivity contribution in [2.75, 3.05) is 18.2 Å². The second kappa shape index (κ2) is 8.23. The van der Waals surface area contributed by atoms with E-state index in [1.165, 1.54) is 12.1 Å². The Morgan fingerprint density at radius 2 is 1.86 bits per heavy atom. The number of anilines is 1. The molecule has 0 aliphatic heterocycles. The van der Waals surface area contributed by atoms with Crippen LogP contribution in [0.15, 0.2) is 24.3 Å². The molecule has 1 atom stereocenters. The zero-order chi connectivity index (χ0) is 16.7. The predicted octanol–water partition coefficient (Wildman–Crippen LogP) is 1.27. The molecule has 0 saturated heterocycles. The molecule has 0 spiro atoms. The lowest BCUT2D eigenvalue weighted by Gasteiger charge is -2.28. The predicted molar refractivity (Wildman–Crippen MR) is 80.9 cm³/mol. The molecule has 1 aromatic carbocycles. The van der Waals surface area contributed by atoms with Gasteiger partial charge in [0.15, 0.2) is 0 Å². The van der Waals surface area contributed by atoms with Gasteiger partial charge in [0.25, 0.3) is 5.91 Å². The maximum Gasteiger partial charge on any atom is 0.326 e. The molecule has 0 unspecified atom stereocenters. The molecule has 1 rings (SSSR count). The van der Waals surface area contributed by atoms with Crippen LogP contribution >= 0.6 is 11.6 Å². The molecule has 0 aromatic heterocycles. The van der Waals surface area contributed by atoms with Gasteiger partial charge in [0.1, 0.15) is 6.04 Å². The Labute approximate surface area is 132 Å². The van der Waals surface area contributed by atoms with Gasteiger partial charge in [0.2, 0.25) is 0 Å². The van der Waals surface area contributed by atoms with Crippen molar-refractivity contribution in [3.8, 4) is 0 Å². The van der Waals surface area contributed by atoms with Crippen LogP contribution in [0.2, 0.25) is 0 Å². The van der Waals surface area contributed by atoms with Gasteiger partial charge < -0.3 is 20.8 Å². The zero-order valence-corrected chi connectivity index (χ0v) is 12.5. The Morgan fingerprint density at radius 1 is 1.23 bits per heavy atom. The number of nitrogen functional groups attached to an aromatic ring is 1. The fourth-order valence-electron chi connectivity index (χ4n) is 2.01. The van der Waals surface area contributed by atoms with Gasteiger partial charge in [-0.1, -0.05) is 12.1 Å². The first-order chi connectivity index (χ1) is 10.4. The minimum absolute atomic E-state index is 0.0225. The van der Waals surface area contributed by atoms with E-state index in [9.17, 15) is 19.5 Å². The first-order valence-electron chi connectivity index (χ1n) is 6.54. The normalized spacial score (nSPS) is 11.7. The van der Waals surface area contributed by atoms with Crippen LogP contribution in [0.5, 0.6) is 0 Å². The molecule has 0 heterocycles. The quantitative estimate of drug-likeness (QED) is 0.488. The lowest BCUT2D eigenvalue weighted by atomic mass is 10.1. The number of carbonyl (C=O) groups excluding carboxylic acids is 1. The molecular weight excluding hydrogens is 312 g/mol. The molecule has 4 N–H and O–H groups in total. The lowest BCUT2D eigenvalue weighted by Crippen LogP contribution is -2.46. The molecule has 22 heavy (non-hydrogen) atoms. The summed E-state index contributed by atoms with van der Waals surface area (Å²) in [6.45, 7) is -0.0225. The summed E-state index contributed by atoms with van der Waals surface area (Å²) in [6, 6.07) is 4.99. The number of nitrogens with zero attached hydrogens (tertiary/aromatic N) is 1. The van der Waals surface area contributed by atoms with Gasteiger partial charge in [0, 0.05) is 24.5 Å². The molecule has 0 aliphatic carbocycles. The Morgan fingerprint density at radius 3 is 2.36 bits per heavy atom. The first kappa shape index (κ1) is 17.8. The third-order valence-corrected chi connectivity index (χ3v) is 3.24. The summed E-state index contributed by atoms with van der Waals surface area (Å²) in [5.41, 5.74) is 6.11. The van der Waals surface area contributed by atoms with Gasteiger partial charge in [0.05, 0.1) is 5.56 Å². The number of alkyl halides is 1. The van der Waals surface area contributed by atoms with Crippen molar-refractivity contribution in [2.45, 2.75) is 18.9 Å². The summed E-state index contributed by atoms with van der Waals surface area (Å²) in [5, 5.41) is 18.0. The summed E-state index contributed by atoms with van der Waals surface area (Å²) in [7, 11) is 0. The van der Waals surface area contributed by atoms with Gasteiger partial charge in [-0.05, 0) is 18.6 Å². The largest absolute Gasteiger partial charge is 0.481 e. The summed E-state index contributed by atoms with van der Waals surface area (Å²) in [4.78, 5) is 35.6. The van der Waals surface area contributed by atoms with Gasteiger partial charge in [-0.3, -0.25) is 9.59 Å². The highest BCUT2D eigenvalue weighted by Gasteiger charge is 2.31. The van der Waals surface area contributed by atoms with E-state index >= 15 is 0 Å². The number of para-hydroxylation sites is 1. The number of nitrogens with two attached hydrogens (primary N) is 1. The number of halogens is 1. The van der Waals surface area contributed by atoms with Crippen molar-refractivity contribution in [3.63, 3.8) is 0 Å². The van der Waals surface area contributed by atoms with Crippen molar-refractivity contribution < 1.29 is 24.6 Å². The number of carboxylic acids is 2. The van der Waals surface area contributed by atoms with Crippen LogP contribution in [0.25, 0.3) is 0 Å². The molecule has 1 aromatic rings. The number of rotatable bonds is 8. The highest BCUT2D eigenvalue weighted by molar-refractivity contribution is 6.18. The molecule has 0 aliphatic rings. The van der Waals surface area contributed by atoms with Crippen LogP contribution in [0, 0.1) is 0 Å². The van der Waals surface area contributed by atoms with E-state index < -0.39 is 23.9 Å². The monoisotopic (exact) mass is 328 g/mol. The Hall–Kier alpha value is -2.28. The molecular formula is C14H17ClN2O5. The van der Waals surface area contributed by atoms with Crippen LogP contribution in [-0.4, -0.2) is 51.4 Å². The van der Waals surface area contributed by atoms with Gasteiger partial charge in [-0.25, -0.2) is 4.79 Å². The minimum atomic E-state index is -1.28. The Bertz CT molecular complexity index is 564. The molecule has 0 fully saturated rings. The number of hydrogen-bond acceptors (Lipinski definition) is 4. The van der Waals surface area contributed by atoms with Crippen LogP contribution in [-0.2, 0) is 9.59 Å². The van der Waals surface area contributed by atoms with Crippen molar-refractivity contribution >= 4 is 35.1 Å². The average molecular weight is 329 g/mol. The van der Waals surface area contributed by atoms with Crippen molar-refractivity contribution in [1.82, 2.24) is 4.90 Å². The van der Waals surface area contributed by atoms with E-state index in [1.807, 2.05) is 0 Å². The second-order valence-electron chi connectivity index (χ2n) is 4.56. The first-order valence-corrected chi connectivity index (χ1v) is 7.08. The van der Waals surface area contributed by atoms with Crippen LogP contribution in [0.1, 0.15) is 23.2 Å². The van der Waals surface area contributed by atoms with E-state index in [2.05, 4.69) is 0 Å². The van der Waals surface area contributed by atoms with Gasteiger partial charge >= 0.3 is 11.9 Å². The third kappa shape index (κ3) is 4.63. The average Bonchev–Trinajstić information content (AvgIpc) is 2.45. The molecule has 1 amide bonds. The number of aliphatic carboxylic acids is 2. The minimum Gasteiger partial charge on any atom is -0.481 e. The lowest BCUT2D eigenvalue weighted by molar-refractivity contribution is -0.143. The van der Waals surface area contributed by atoms with Crippen molar-refractivity contribution in [1.29, 1.82) is 0 Å². The maximum atomic E-state index is 12.5. The Kier molecular flexibility index (Phi) is 6.65. The van der Waals surface area contributed by atoms with E-state index in [1.54, 1.807) is 12.1 Å². The fraction of sp³-hybridized carbons (Fsp3) is 0.357. The summed E-state index contributed by atoms with van der Waals surface area (Å²) < 4.78 is 0. The molecule has 0 radical (unpaired) electrons. The van der Waals surface area contributed by atoms with Gasteiger partial charge in [-0.2, -0.15) is 0 Å². The number of carboxylic acid groups (broad SMARTS) is 2. The SMILES string of the molecule is Nc1ccccc1C(=O)N(CCCl)[C@@H](CCC(=O)O)C(=O)O. The fourth-order valence-corrected chi connectivity index (χ4v) is 2.19. The highest BCUT2D eigenvalue weighted by atomic mass is 35.5. The number of carbonyl (C=O) groups is 3. The summed E-state index contributed by atoms with van der Waals surface area (Å²) in [5.74, 6) is -2.98. The topological polar surface area (TPSA) is 121 Å². The Balaban J connectivity index is 3.08. The zero-order valence-electron chi connectivity index (χ0n) is 11.7. The van der Waals surface area contributed by atoms with Crippen LogP contribution in [0.3, 0.4) is 0 Å². The summed E-state index contributed by atoms with van der Waals surface area (Å²) in [6.07, 6.45) is -0.576. The van der Waals surface area contributed by atoms with Gasteiger partial charge in [-0.15, -0.1) is 11.6 Å². The molecule has 0 saturated carbocycles. The van der Waals surface area contributed by atoms with E-state index in [0.29, 0.717) is 0 Å². The smallest absolute Gasteiger partial charge is 0.326 e. The van der Waals surface area contributed by atoms with Crippen LogP contribution < -0.4 is 5.73 Å². The number of amides is 1. The van der Waals surface area contributed by atoms with Crippen molar-refractivity contribution in [3.05, 3.63) is 29.8 Å². The second-order valence-corrected chi connectivity index (χ2v) is 4.94. The van der Waals surface area contributed by atoms with E-state index in [-0.39, 0.29) is 36.5 Å². The number of benzene rings is 1. The maximum absolute atomic E-state index is 12.5. The number of hydrogen-bond donors (Lipinski definition) is 3. The summed E-state index contributed by atoms with van der Waals surface area (Å²) >= 11 is 5.64. The highest BCUT2D eigenvalue weighted by Crippen LogP contribution is 2.18. The molecule has 7 nitrogen and oxygen atoms in total.